The van der Waals surface area contributed by atoms with Crippen LogP contribution >= 0.6 is 8.53 Å². The standard InChI is InChI=1S/C33H59FN3O6P/c1-7-9-10-11-12-13-14-15-16-17-18-19-20-21-24-41-44(37(26(3)4)27(5)6)43-31-28(25-40-8-2)42-32(30(31)34)36-23-22-29(38)35-33(36)39/h8,22-23,26-28,30-32H,2,7,9-21,24-25H2,1,3-6H3,(H,35,38,39). The van der Waals surface area contributed by atoms with Gasteiger partial charge in [0, 0.05) is 24.3 Å². The molecule has 9 nitrogen and oxygen atoms in total. The highest BCUT2D eigenvalue weighted by Crippen LogP contribution is 2.50. The van der Waals surface area contributed by atoms with Gasteiger partial charge in [-0.15, -0.1) is 0 Å². The minimum atomic E-state index is -1.70. The number of H-pyrrole nitrogens is 1. The van der Waals surface area contributed by atoms with Crippen LogP contribution in [0.5, 0.6) is 0 Å². The lowest BCUT2D eigenvalue weighted by molar-refractivity contribution is -0.0501. The van der Waals surface area contributed by atoms with Crippen LogP contribution in [0.15, 0.2) is 34.7 Å². The number of halogens is 1. The van der Waals surface area contributed by atoms with E-state index in [9.17, 15) is 9.59 Å². The predicted octanol–water partition coefficient (Wildman–Crippen LogP) is 8.16. The molecule has 254 valence electrons. The summed E-state index contributed by atoms with van der Waals surface area (Å²) in [4.78, 5) is 26.1. The quantitative estimate of drug-likeness (QED) is 0.0653. The minimum Gasteiger partial charge on any atom is -0.499 e. The Hall–Kier alpha value is -1.58. The van der Waals surface area contributed by atoms with E-state index in [1.807, 2.05) is 0 Å². The maximum atomic E-state index is 16.0. The molecule has 1 aliphatic rings. The zero-order valence-electron chi connectivity index (χ0n) is 27.9. The molecular formula is C33H59FN3O6P. The second-order valence-corrected chi connectivity index (χ2v) is 13.7. The van der Waals surface area contributed by atoms with Gasteiger partial charge in [-0.05, 0) is 34.1 Å². The Morgan fingerprint density at radius 3 is 2.02 bits per heavy atom. The number of nitrogens with zero attached hydrogens (tertiary/aromatic N) is 2. The van der Waals surface area contributed by atoms with Crippen LogP contribution in [0.2, 0.25) is 0 Å². The van der Waals surface area contributed by atoms with Crippen LogP contribution < -0.4 is 11.2 Å². The predicted molar refractivity (Wildman–Crippen MR) is 176 cm³/mol. The van der Waals surface area contributed by atoms with Crippen molar-refractivity contribution in [2.24, 2.45) is 0 Å². The molecule has 1 aliphatic heterocycles. The third kappa shape index (κ3) is 13.4. The first-order chi connectivity index (χ1) is 21.2. The van der Waals surface area contributed by atoms with Crippen LogP contribution in [0.4, 0.5) is 4.39 Å². The number of rotatable bonds is 25. The molecule has 0 radical (unpaired) electrons. The lowest BCUT2D eigenvalue weighted by atomic mass is 10.0. The van der Waals surface area contributed by atoms with Gasteiger partial charge in [0.05, 0.1) is 12.9 Å². The molecule has 11 heteroatoms. The number of aromatic amines is 1. The summed E-state index contributed by atoms with van der Waals surface area (Å²) in [5, 5.41) is 0. The summed E-state index contributed by atoms with van der Waals surface area (Å²) in [7, 11) is -1.64. The molecule has 0 saturated carbocycles. The van der Waals surface area contributed by atoms with E-state index in [-0.39, 0.29) is 18.7 Å². The van der Waals surface area contributed by atoms with Gasteiger partial charge in [-0.1, -0.05) is 97.0 Å². The smallest absolute Gasteiger partial charge is 0.330 e. The zero-order chi connectivity index (χ0) is 32.3. The molecule has 1 saturated heterocycles. The van der Waals surface area contributed by atoms with Gasteiger partial charge >= 0.3 is 5.69 Å². The Kier molecular flexibility index (Phi) is 19.3. The van der Waals surface area contributed by atoms with Crippen LogP contribution in [0.3, 0.4) is 0 Å². The molecule has 1 aromatic rings. The van der Waals surface area contributed by atoms with Gasteiger partial charge in [-0.2, -0.15) is 0 Å². The van der Waals surface area contributed by atoms with E-state index >= 15 is 4.39 Å². The van der Waals surface area contributed by atoms with Crippen molar-refractivity contribution in [2.45, 2.75) is 161 Å². The molecule has 0 amide bonds. The van der Waals surface area contributed by atoms with Crippen LogP contribution in [-0.2, 0) is 18.5 Å². The first-order valence-corrected chi connectivity index (χ1v) is 18.1. The number of unbranched alkanes of at least 4 members (excludes halogenated alkanes) is 13. The van der Waals surface area contributed by atoms with Gasteiger partial charge in [0.25, 0.3) is 14.1 Å². The number of alkyl halides is 1. The molecule has 5 unspecified atom stereocenters. The molecule has 2 heterocycles. The molecule has 0 bridgehead atoms. The maximum absolute atomic E-state index is 16.0. The average Bonchev–Trinajstić information content (AvgIpc) is 3.27. The van der Waals surface area contributed by atoms with Crippen LogP contribution in [0.1, 0.15) is 131 Å². The van der Waals surface area contributed by atoms with Gasteiger partial charge in [0.1, 0.15) is 18.8 Å². The first-order valence-electron chi connectivity index (χ1n) is 16.9. The Balaban J connectivity index is 1.89. The number of nitrogens with one attached hydrogen (secondary N) is 1. The fourth-order valence-electron chi connectivity index (χ4n) is 5.64. The number of hydrogen-bond acceptors (Lipinski definition) is 7. The summed E-state index contributed by atoms with van der Waals surface area (Å²) in [5.41, 5.74) is -1.32. The normalized spacial score (nSPS) is 21.0. The Labute approximate surface area is 265 Å². The van der Waals surface area contributed by atoms with Crippen molar-refractivity contribution in [3.8, 4) is 0 Å². The van der Waals surface area contributed by atoms with Gasteiger partial charge in [0.2, 0.25) is 0 Å². The summed E-state index contributed by atoms with van der Waals surface area (Å²) >= 11 is 0. The topological polar surface area (TPSA) is 95.0 Å². The van der Waals surface area contributed by atoms with Crippen molar-refractivity contribution < 1.29 is 22.9 Å². The first kappa shape index (κ1) is 38.6. The molecule has 0 aromatic carbocycles. The van der Waals surface area contributed by atoms with E-state index in [4.69, 9.17) is 18.5 Å². The third-order valence-corrected chi connectivity index (χ3v) is 10.1. The monoisotopic (exact) mass is 643 g/mol. The van der Waals surface area contributed by atoms with Crippen LogP contribution in [0.25, 0.3) is 0 Å². The van der Waals surface area contributed by atoms with E-state index in [0.717, 1.165) is 23.5 Å². The maximum Gasteiger partial charge on any atom is 0.330 e. The van der Waals surface area contributed by atoms with Crippen molar-refractivity contribution in [3.63, 3.8) is 0 Å². The van der Waals surface area contributed by atoms with E-state index < -0.39 is 44.4 Å². The summed E-state index contributed by atoms with van der Waals surface area (Å²) in [6.45, 7) is 14.6. The molecule has 0 spiro atoms. The highest BCUT2D eigenvalue weighted by Gasteiger charge is 2.50. The van der Waals surface area contributed by atoms with E-state index in [0.29, 0.717) is 6.61 Å². The summed E-state index contributed by atoms with van der Waals surface area (Å²) in [5.74, 6) is 0. The van der Waals surface area contributed by atoms with E-state index in [2.05, 4.69) is 50.9 Å². The lowest BCUT2D eigenvalue weighted by Crippen LogP contribution is -2.39. The fourth-order valence-corrected chi connectivity index (χ4v) is 7.44. The van der Waals surface area contributed by atoms with Gasteiger partial charge in [0.15, 0.2) is 12.4 Å². The van der Waals surface area contributed by atoms with Gasteiger partial charge < -0.3 is 18.5 Å². The SMILES string of the molecule is C=COCC1OC(n2ccc(=O)[nH]c2=O)C(F)C1OP(OCCCCCCCCCCCCCCCC)N(C(C)C)C(C)C. The molecule has 5 atom stereocenters. The molecular weight excluding hydrogens is 584 g/mol. The summed E-state index contributed by atoms with van der Waals surface area (Å²) in [6.07, 6.45) is 15.6. The average molecular weight is 644 g/mol. The molecule has 1 fully saturated rings. The number of aromatic nitrogens is 2. The molecule has 44 heavy (non-hydrogen) atoms. The molecule has 1 aromatic heterocycles. The summed E-state index contributed by atoms with van der Waals surface area (Å²) < 4.78 is 43.2. The largest absolute Gasteiger partial charge is 0.499 e. The van der Waals surface area contributed by atoms with Crippen LogP contribution in [0, 0.1) is 0 Å². The highest BCUT2D eigenvalue weighted by molar-refractivity contribution is 7.44. The van der Waals surface area contributed by atoms with Crippen molar-refractivity contribution in [1.29, 1.82) is 0 Å². The van der Waals surface area contributed by atoms with Crippen molar-refractivity contribution in [3.05, 3.63) is 45.9 Å². The Morgan fingerprint density at radius 1 is 0.977 bits per heavy atom. The van der Waals surface area contributed by atoms with Crippen molar-refractivity contribution in [1.82, 2.24) is 14.2 Å². The highest BCUT2D eigenvalue weighted by atomic mass is 31.2. The third-order valence-electron chi connectivity index (χ3n) is 7.93. The number of hydrogen-bond donors (Lipinski definition) is 1. The second kappa shape index (κ2) is 22.0. The Bertz CT molecular complexity index is 1010. The van der Waals surface area contributed by atoms with E-state index in [1.54, 1.807) is 0 Å². The lowest BCUT2D eigenvalue weighted by Gasteiger charge is -2.37. The number of ether oxygens (including phenoxy) is 2. The van der Waals surface area contributed by atoms with Crippen molar-refractivity contribution >= 4 is 8.53 Å². The van der Waals surface area contributed by atoms with Gasteiger partial charge in [-0.3, -0.25) is 14.3 Å². The molecule has 0 aliphatic carbocycles. The summed E-state index contributed by atoms with van der Waals surface area (Å²) in [6, 6.07) is 1.35. The van der Waals surface area contributed by atoms with E-state index in [1.165, 1.54) is 89.5 Å². The molecule has 1 N–H and O–H groups in total. The zero-order valence-corrected chi connectivity index (χ0v) is 28.8. The van der Waals surface area contributed by atoms with Crippen molar-refractivity contribution in [2.75, 3.05) is 13.2 Å². The second-order valence-electron chi connectivity index (χ2n) is 12.3. The minimum absolute atomic E-state index is 0.00528. The molecule has 2 rings (SSSR count). The Morgan fingerprint density at radius 2 is 1.52 bits per heavy atom. The van der Waals surface area contributed by atoms with Crippen LogP contribution in [-0.4, -0.2) is 57.9 Å². The fraction of sp³-hybridized carbons (Fsp3) is 0.818. The van der Waals surface area contributed by atoms with Gasteiger partial charge in [-0.25, -0.2) is 13.9 Å².